The van der Waals surface area contributed by atoms with Crippen LogP contribution in [-0.2, 0) is 0 Å². The van der Waals surface area contributed by atoms with E-state index >= 15 is 0 Å². The summed E-state index contributed by atoms with van der Waals surface area (Å²) in [4.78, 5) is 2.41. The van der Waals surface area contributed by atoms with E-state index in [1.165, 1.54) is 23.2 Å². The average Bonchev–Trinajstić information content (AvgIpc) is 2.70. The highest BCUT2D eigenvalue weighted by Crippen LogP contribution is 2.39. The highest BCUT2D eigenvalue weighted by molar-refractivity contribution is 8.00. The van der Waals surface area contributed by atoms with Gasteiger partial charge in [-0.15, -0.1) is 0 Å². The standard InChI is InChI=1S/C15H24N2S/c1-11-5-12(2)7-14(6-11)17(4)15(9-16)8-13(3)18-10-15/h5-7,13H,8-10,16H2,1-4H3. The molecule has 100 valence electrons. The van der Waals surface area contributed by atoms with Crippen LogP contribution in [0, 0.1) is 13.8 Å². The Morgan fingerprint density at radius 2 is 1.94 bits per heavy atom. The summed E-state index contributed by atoms with van der Waals surface area (Å²) in [5, 5.41) is 0.710. The molecule has 1 aliphatic heterocycles. The Morgan fingerprint density at radius 1 is 1.33 bits per heavy atom. The number of anilines is 1. The van der Waals surface area contributed by atoms with Gasteiger partial charge in [0.2, 0.25) is 0 Å². The van der Waals surface area contributed by atoms with Gasteiger partial charge in [0, 0.05) is 30.3 Å². The van der Waals surface area contributed by atoms with E-state index in [0.29, 0.717) is 5.25 Å². The molecule has 2 atom stereocenters. The molecule has 2 N–H and O–H groups in total. The zero-order chi connectivity index (χ0) is 13.3. The van der Waals surface area contributed by atoms with Gasteiger partial charge in [-0.2, -0.15) is 11.8 Å². The molecule has 0 saturated carbocycles. The van der Waals surface area contributed by atoms with E-state index in [4.69, 9.17) is 5.73 Å². The molecule has 1 aromatic rings. The van der Waals surface area contributed by atoms with Crippen molar-refractivity contribution in [2.45, 2.75) is 38.0 Å². The van der Waals surface area contributed by atoms with Crippen molar-refractivity contribution < 1.29 is 0 Å². The van der Waals surface area contributed by atoms with E-state index in [-0.39, 0.29) is 5.54 Å². The number of likely N-dealkylation sites (N-methyl/N-ethyl adjacent to an activating group) is 1. The van der Waals surface area contributed by atoms with E-state index in [9.17, 15) is 0 Å². The quantitative estimate of drug-likeness (QED) is 0.910. The Kier molecular flexibility index (Phi) is 3.93. The average molecular weight is 264 g/mol. The monoisotopic (exact) mass is 264 g/mol. The highest BCUT2D eigenvalue weighted by atomic mass is 32.2. The summed E-state index contributed by atoms with van der Waals surface area (Å²) in [6.45, 7) is 7.35. The van der Waals surface area contributed by atoms with Gasteiger partial charge in [-0.3, -0.25) is 0 Å². The lowest BCUT2D eigenvalue weighted by atomic mass is 9.93. The summed E-state index contributed by atoms with van der Waals surface area (Å²) in [7, 11) is 2.19. The van der Waals surface area contributed by atoms with Crippen LogP contribution in [0.2, 0.25) is 0 Å². The van der Waals surface area contributed by atoms with Crippen LogP contribution >= 0.6 is 11.8 Å². The van der Waals surface area contributed by atoms with Crippen molar-refractivity contribution in [3.63, 3.8) is 0 Å². The first-order chi connectivity index (χ1) is 8.47. The topological polar surface area (TPSA) is 29.3 Å². The minimum atomic E-state index is 0.129. The van der Waals surface area contributed by atoms with E-state index in [2.05, 4.69) is 50.9 Å². The van der Waals surface area contributed by atoms with Crippen LogP contribution in [0.25, 0.3) is 0 Å². The van der Waals surface area contributed by atoms with Crippen LogP contribution in [0.5, 0.6) is 0 Å². The van der Waals surface area contributed by atoms with Crippen molar-refractivity contribution in [3.8, 4) is 0 Å². The van der Waals surface area contributed by atoms with Crippen molar-refractivity contribution in [1.29, 1.82) is 0 Å². The Morgan fingerprint density at radius 3 is 2.39 bits per heavy atom. The minimum Gasteiger partial charge on any atom is -0.367 e. The summed E-state index contributed by atoms with van der Waals surface area (Å²) >= 11 is 2.04. The molecule has 1 aliphatic rings. The molecule has 1 aromatic carbocycles. The molecular formula is C15H24N2S. The molecule has 3 heteroatoms. The lowest BCUT2D eigenvalue weighted by molar-refractivity contribution is 0.446. The van der Waals surface area contributed by atoms with Gasteiger partial charge in [0.25, 0.3) is 0 Å². The maximum Gasteiger partial charge on any atom is 0.0621 e. The summed E-state index contributed by atoms with van der Waals surface area (Å²) in [5.41, 5.74) is 10.2. The summed E-state index contributed by atoms with van der Waals surface area (Å²) < 4.78 is 0. The van der Waals surface area contributed by atoms with Crippen molar-refractivity contribution in [2.24, 2.45) is 5.73 Å². The van der Waals surface area contributed by atoms with Crippen LogP contribution in [0.1, 0.15) is 24.5 Å². The molecule has 0 amide bonds. The molecule has 2 rings (SSSR count). The first kappa shape index (κ1) is 13.8. The van der Waals surface area contributed by atoms with Crippen molar-refractivity contribution in [2.75, 3.05) is 24.2 Å². The van der Waals surface area contributed by atoms with E-state index in [0.717, 1.165) is 12.3 Å². The van der Waals surface area contributed by atoms with Gasteiger partial charge >= 0.3 is 0 Å². The Bertz CT molecular complexity index is 412. The van der Waals surface area contributed by atoms with Gasteiger partial charge in [0.15, 0.2) is 0 Å². The minimum absolute atomic E-state index is 0.129. The largest absolute Gasteiger partial charge is 0.367 e. The number of hydrogen-bond acceptors (Lipinski definition) is 3. The van der Waals surface area contributed by atoms with Crippen LogP contribution in [0.3, 0.4) is 0 Å². The van der Waals surface area contributed by atoms with Crippen LogP contribution in [0.15, 0.2) is 18.2 Å². The molecule has 0 bridgehead atoms. The predicted molar refractivity (Wildman–Crippen MR) is 82.6 cm³/mol. The number of aryl methyl sites for hydroxylation is 2. The fourth-order valence-corrected chi connectivity index (χ4v) is 4.33. The molecule has 1 heterocycles. The van der Waals surface area contributed by atoms with Crippen LogP contribution < -0.4 is 10.6 Å². The smallest absolute Gasteiger partial charge is 0.0621 e. The number of rotatable bonds is 3. The van der Waals surface area contributed by atoms with E-state index in [1.807, 2.05) is 11.8 Å². The number of hydrogen-bond donors (Lipinski definition) is 1. The molecule has 1 saturated heterocycles. The SMILES string of the molecule is Cc1cc(C)cc(N(C)C2(CN)CSC(C)C2)c1. The van der Waals surface area contributed by atoms with Crippen molar-refractivity contribution in [3.05, 3.63) is 29.3 Å². The van der Waals surface area contributed by atoms with Gasteiger partial charge in [0.1, 0.15) is 0 Å². The van der Waals surface area contributed by atoms with Crippen molar-refractivity contribution >= 4 is 17.4 Å². The zero-order valence-electron chi connectivity index (χ0n) is 11.9. The number of thioether (sulfide) groups is 1. The molecule has 0 radical (unpaired) electrons. The Balaban J connectivity index is 2.31. The maximum absolute atomic E-state index is 6.09. The van der Waals surface area contributed by atoms with Gasteiger partial charge < -0.3 is 10.6 Å². The number of nitrogens with zero attached hydrogens (tertiary/aromatic N) is 1. The third-order valence-corrected chi connectivity index (χ3v) is 5.43. The van der Waals surface area contributed by atoms with Gasteiger partial charge in [-0.25, -0.2) is 0 Å². The lowest BCUT2D eigenvalue weighted by Gasteiger charge is -2.39. The molecule has 2 nitrogen and oxygen atoms in total. The van der Waals surface area contributed by atoms with Gasteiger partial charge in [-0.1, -0.05) is 13.0 Å². The molecule has 0 aliphatic carbocycles. The zero-order valence-corrected chi connectivity index (χ0v) is 12.7. The van der Waals surface area contributed by atoms with E-state index in [1.54, 1.807) is 0 Å². The summed E-state index contributed by atoms with van der Waals surface area (Å²) in [6, 6.07) is 6.74. The van der Waals surface area contributed by atoms with Crippen LogP contribution in [0.4, 0.5) is 5.69 Å². The third kappa shape index (κ3) is 2.52. The fraction of sp³-hybridized carbons (Fsp3) is 0.600. The predicted octanol–water partition coefficient (Wildman–Crippen LogP) is 2.96. The second-order valence-corrected chi connectivity index (χ2v) is 7.09. The molecule has 2 unspecified atom stereocenters. The third-order valence-electron chi connectivity index (χ3n) is 3.99. The van der Waals surface area contributed by atoms with Crippen LogP contribution in [-0.4, -0.2) is 30.1 Å². The first-order valence-electron chi connectivity index (χ1n) is 6.61. The molecule has 18 heavy (non-hydrogen) atoms. The van der Waals surface area contributed by atoms with Crippen molar-refractivity contribution in [1.82, 2.24) is 0 Å². The molecule has 0 spiro atoms. The lowest BCUT2D eigenvalue weighted by Crippen LogP contribution is -2.53. The fourth-order valence-electron chi connectivity index (χ4n) is 2.88. The Labute approximate surface area is 115 Å². The molecule has 0 aromatic heterocycles. The second-order valence-electron chi connectivity index (χ2n) is 5.66. The van der Waals surface area contributed by atoms with Gasteiger partial charge in [-0.05, 0) is 43.5 Å². The summed E-state index contributed by atoms with van der Waals surface area (Å²) in [5.74, 6) is 1.13. The molecule has 1 fully saturated rings. The van der Waals surface area contributed by atoms with Gasteiger partial charge in [0.05, 0.1) is 5.54 Å². The van der Waals surface area contributed by atoms with E-state index < -0.39 is 0 Å². The normalized spacial score (nSPS) is 27.5. The second kappa shape index (κ2) is 5.14. The summed E-state index contributed by atoms with van der Waals surface area (Å²) in [6.07, 6.45) is 1.18. The Hall–Kier alpha value is -0.670. The highest BCUT2D eigenvalue weighted by Gasteiger charge is 2.40. The maximum atomic E-state index is 6.09. The number of nitrogens with two attached hydrogens (primary N) is 1. The number of benzene rings is 1. The molecular weight excluding hydrogens is 240 g/mol. The first-order valence-corrected chi connectivity index (χ1v) is 7.65.